The molecule has 1 aromatic rings. The first-order valence-electron chi connectivity index (χ1n) is 7.48. The minimum atomic E-state index is 0.401. The molecule has 21 heavy (non-hydrogen) atoms. The molecule has 5 heteroatoms. The van der Waals surface area contributed by atoms with Crippen LogP contribution in [0.3, 0.4) is 0 Å². The van der Waals surface area contributed by atoms with Crippen molar-refractivity contribution in [1.29, 1.82) is 0 Å². The Labute approximate surface area is 135 Å². The molecule has 1 heterocycles. The molecule has 1 unspecified atom stereocenters. The molecule has 0 saturated heterocycles. The first kappa shape index (κ1) is 18.3. The fourth-order valence-corrected chi connectivity index (χ4v) is 3.18. The van der Waals surface area contributed by atoms with E-state index in [1.165, 1.54) is 0 Å². The first-order chi connectivity index (χ1) is 9.99. The van der Waals surface area contributed by atoms with Crippen molar-refractivity contribution in [2.75, 3.05) is 0 Å². The highest BCUT2D eigenvalue weighted by Gasteiger charge is 2.11. The summed E-state index contributed by atoms with van der Waals surface area (Å²) in [6, 6.07) is 0.401. The van der Waals surface area contributed by atoms with Crippen LogP contribution in [-0.2, 0) is 0 Å². The molecule has 3 nitrogen and oxygen atoms in total. The lowest BCUT2D eigenvalue weighted by molar-refractivity contribution is 0.557. The van der Waals surface area contributed by atoms with E-state index < -0.39 is 0 Å². The minimum absolute atomic E-state index is 0.401. The van der Waals surface area contributed by atoms with Crippen molar-refractivity contribution in [2.24, 2.45) is 4.99 Å². The average Bonchev–Trinajstić information content (AvgIpc) is 2.44. The van der Waals surface area contributed by atoms with Gasteiger partial charge in [-0.05, 0) is 26.7 Å². The Morgan fingerprint density at radius 1 is 1.29 bits per heavy atom. The van der Waals surface area contributed by atoms with Crippen LogP contribution < -0.4 is 0 Å². The molecule has 0 aliphatic heterocycles. The van der Waals surface area contributed by atoms with Gasteiger partial charge in [-0.25, -0.2) is 9.97 Å². The monoisotopic (exact) mass is 323 g/mol. The van der Waals surface area contributed by atoms with Crippen molar-refractivity contribution < 1.29 is 0 Å². The second kappa shape index (κ2) is 9.32. The van der Waals surface area contributed by atoms with Gasteiger partial charge in [0.25, 0.3) is 0 Å². The number of aliphatic imine (C=N–C) groups is 1. The lowest BCUT2D eigenvalue weighted by Crippen LogP contribution is -2.06. The van der Waals surface area contributed by atoms with E-state index in [9.17, 15) is 0 Å². The summed E-state index contributed by atoms with van der Waals surface area (Å²) < 4.78 is 0. The number of thioether (sulfide) groups is 1. The van der Waals surface area contributed by atoms with E-state index >= 15 is 0 Å². The van der Waals surface area contributed by atoms with E-state index in [4.69, 9.17) is 4.99 Å². The summed E-state index contributed by atoms with van der Waals surface area (Å²) in [5.74, 6) is 0. The second-order valence-corrected chi connectivity index (χ2v) is 6.79. The standard InChI is InChI=1S/C16H26N3PS/c1-6-8-14(9-7-2)19-15(20)13(5)21-16-11(3)12(4)17-10-18-16/h10,14H,5-9,20H2,1-4H3. The SMILES string of the molecule is C=C(Sc1ncnc(C)c1C)C(P)=NC(CCC)CCC. The maximum Gasteiger partial charge on any atom is 0.116 e. The zero-order valence-corrected chi connectivity index (χ0v) is 15.5. The zero-order valence-electron chi connectivity index (χ0n) is 13.5. The Morgan fingerprint density at radius 3 is 2.48 bits per heavy atom. The van der Waals surface area contributed by atoms with Crippen LogP contribution in [0.5, 0.6) is 0 Å². The number of hydrogen-bond acceptors (Lipinski definition) is 4. The predicted molar refractivity (Wildman–Crippen MR) is 97.3 cm³/mol. The Kier molecular flexibility index (Phi) is 8.13. The Hall–Kier alpha value is -0.730. The molecule has 0 amide bonds. The maximum absolute atomic E-state index is 4.82. The molecule has 0 bridgehead atoms. The van der Waals surface area contributed by atoms with Crippen molar-refractivity contribution in [3.8, 4) is 0 Å². The van der Waals surface area contributed by atoms with Crippen LogP contribution in [0.4, 0.5) is 0 Å². The third kappa shape index (κ3) is 5.88. The fourth-order valence-electron chi connectivity index (χ4n) is 2.00. The summed E-state index contributed by atoms with van der Waals surface area (Å²) in [7, 11) is 2.73. The van der Waals surface area contributed by atoms with Gasteiger partial charge in [-0.2, -0.15) is 0 Å². The molecule has 1 rings (SSSR count). The van der Waals surface area contributed by atoms with E-state index in [0.717, 1.165) is 52.3 Å². The van der Waals surface area contributed by atoms with Crippen molar-refractivity contribution in [3.63, 3.8) is 0 Å². The number of rotatable bonds is 8. The van der Waals surface area contributed by atoms with E-state index in [-0.39, 0.29) is 0 Å². The third-order valence-electron chi connectivity index (χ3n) is 3.36. The van der Waals surface area contributed by atoms with Crippen LogP contribution in [0.25, 0.3) is 0 Å². The van der Waals surface area contributed by atoms with Crippen LogP contribution in [0, 0.1) is 13.8 Å². The predicted octanol–water partition coefficient (Wildman–Crippen LogP) is 4.94. The zero-order chi connectivity index (χ0) is 15.8. The number of allylic oxidation sites excluding steroid dienone is 1. The van der Waals surface area contributed by atoms with Gasteiger partial charge in [0.05, 0.1) is 11.5 Å². The van der Waals surface area contributed by atoms with Crippen LogP contribution in [-0.4, -0.2) is 21.5 Å². The molecule has 0 N–H and O–H groups in total. The highest BCUT2D eigenvalue weighted by atomic mass is 32.2. The number of nitrogens with zero attached hydrogens (tertiary/aromatic N) is 3. The van der Waals surface area contributed by atoms with Crippen LogP contribution >= 0.6 is 21.0 Å². The fraction of sp³-hybridized carbons (Fsp3) is 0.562. The molecule has 0 aromatic carbocycles. The molecule has 1 aromatic heterocycles. The van der Waals surface area contributed by atoms with Crippen LogP contribution in [0.15, 0.2) is 27.8 Å². The maximum atomic E-state index is 4.82. The lowest BCUT2D eigenvalue weighted by Gasteiger charge is -2.13. The summed E-state index contributed by atoms with van der Waals surface area (Å²) in [5, 5.41) is 0.963. The average molecular weight is 323 g/mol. The van der Waals surface area contributed by atoms with Crippen molar-refractivity contribution >= 4 is 26.5 Å². The van der Waals surface area contributed by atoms with Crippen molar-refractivity contribution in [1.82, 2.24) is 9.97 Å². The largest absolute Gasteiger partial charge is 0.281 e. The van der Waals surface area contributed by atoms with Gasteiger partial charge >= 0.3 is 0 Å². The molecular formula is C16H26N3PS. The minimum Gasteiger partial charge on any atom is -0.281 e. The summed E-state index contributed by atoms with van der Waals surface area (Å²) in [5.41, 5.74) is 3.07. The highest BCUT2D eigenvalue weighted by molar-refractivity contribution is 8.04. The Balaban J connectivity index is 2.79. The van der Waals surface area contributed by atoms with E-state index in [1.807, 2.05) is 13.8 Å². The Morgan fingerprint density at radius 2 is 1.90 bits per heavy atom. The normalized spacial score (nSPS) is 12.0. The van der Waals surface area contributed by atoms with Gasteiger partial charge < -0.3 is 0 Å². The van der Waals surface area contributed by atoms with Gasteiger partial charge in [-0.15, -0.1) is 0 Å². The number of aryl methyl sites for hydroxylation is 1. The van der Waals surface area contributed by atoms with Crippen molar-refractivity contribution in [2.45, 2.75) is 64.4 Å². The van der Waals surface area contributed by atoms with E-state index in [1.54, 1.807) is 18.1 Å². The molecule has 0 aliphatic carbocycles. The van der Waals surface area contributed by atoms with Gasteiger partial charge in [0.1, 0.15) is 11.4 Å². The Bertz CT molecular complexity index is 508. The topological polar surface area (TPSA) is 38.1 Å². The molecule has 1 atom stereocenters. The van der Waals surface area contributed by atoms with E-state index in [0.29, 0.717) is 6.04 Å². The number of hydrogen-bond donors (Lipinski definition) is 0. The number of aromatic nitrogens is 2. The second-order valence-electron chi connectivity index (χ2n) is 5.16. The molecule has 0 spiro atoms. The van der Waals surface area contributed by atoms with Crippen molar-refractivity contribution in [3.05, 3.63) is 29.1 Å². The van der Waals surface area contributed by atoms with Gasteiger partial charge in [-0.3, -0.25) is 4.99 Å². The summed E-state index contributed by atoms with van der Waals surface area (Å²) in [4.78, 5) is 14.3. The highest BCUT2D eigenvalue weighted by Crippen LogP contribution is 2.30. The lowest BCUT2D eigenvalue weighted by atomic mass is 10.1. The molecule has 0 radical (unpaired) electrons. The smallest absolute Gasteiger partial charge is 0.116 e. The summed E-state index contributed by atoms with van der Waals surface area (Å²) in [6.45, 7) is 12.6. The molecule has 0 fully saturated rings. The molecule has 0 saturated carbocycles. The van der Waals surface area contributed by atoms with Gasteiger partial charge in [-0.1, -0.05) is 54.3 Å². The van der Waals surface area contributed by atoms with Gasteiger partial charge in [0.2, 0.25) is 0 Å². The van der Waals surface area contributed by atoms with Gasteiger partial charge in [0, 0.05) is 16.2 Å². The molecule has 116 valence electrons. The summed E-state index contributed by atoms with van der Waals surface area (Å²) >= 11 is 1.57. The van der Waals surface area contributed by atoms with E-state index in [2.05, 4.69) is 39.6 Å². The molecular weight excluding hydrogens is 297 g/mol. The quantitative estimate of drug-likeness (QED) is 0.294. The first-order valence-corrected chi connectivity index (χ1v) is 8.87. The van der Waals surface area contributed by atoms with Crippen LogP contribution in [0.1, 0.15) is 50.8 Å². The molecule has 0 aliphatic rings. The van der Waals surface area contributed by atoms with Gasteiger partial charge in [0.15, 0.2) is 0 Å². The summed E-state index contributed by atoms with van der Waals surface area (Å²) in [6.07, 6.45) is 6.20. The third-order valence-corrected chi connectivity index (χ3v) is 5.13. The van der Waals surface area contributed by atoms with Crippen LogP contribution in [0.2, 0.25) is 0 Å².